The first-order chi connectivity index (χ1) is 17.7. The van der Waals surface area contributed by atoms with Gasteiger partial charge in [0, 0.05) is 51.0 Å². The fourth-order valence-corrected chi connectivity index (χ4v) is 4.78. The minimum Gasteiger partial charge on any atom is -0.463 e. The lowest BCUT2D eigenvalue weighted by molar-refractivity contribution is -0.139. The Balaban J connectivity index is 1.98. The minimum atomic E-state index is -0.766. The number of nitrogens with one attached hydrogen (secondary N) is 2. The molecular formula is C26H35Cl2N5O4. The molecule has 0 aromatic heterocycles. The number of amides is 4. The maximum absolute atomic E-state index is 13.3. The Bertz CT molecular complexity index is 1060. The Kier molecular flexibility index (Phi) is 10.3. The van der Waals surface area contributed by atoms with Crippen LogP contribution in [-0.2, 0) is 9.53 Å². The van der Waals surface area contributed by atoms with Crippen LogP contribution in [0.3, 0.4) is 0 Å². The van der Waals surface area contributed by atoms with E-state index in [-0.39, 0.29) is 31.3 Å². The van der Waals surface area contributed by atoms with Crippen LogP contribution in [0.1, 0.15) is 38.8 Å². The average Bonchev–Trinajstić information content (AvgIpc) is 3.08. The summed E-state index contributed by atoms with van der Waals surface area (Å²) in [6.45, 7) is 12.6. The summed E-state index contributed by atoms with van der Waals surface area (Å²) in [5.74, 6) is -0.518. The van der Waals surface area contributed by atoms with Crippen molar-refractivity contribution in [1.82, 2.24) is 25.3 Å². The normalized spacial score (nSPS) is 19.0. The van der Waals surface area contributed by atoms with E-state index in [0.717, 1.165) is 6.42 Å². The van der Waals surface area contributed by atoms with Gasteiger partial charge in [0.2, 0.25) is 0 Å². The summed E-state index contributed by atoms with van der Waals surface area (Å²) in [5.41, 5.74) is 1.49. The summed E-state index contributed by atoms with van der Waals surface area (Å²) in [5, 5.41) is 6.55. The molecule has 1 aromatic rings. The lowest BCUT2D eigenvalue weighted by atomic mass is 9.94. The third-order valence-electron chi connectivity index (χ3n) is 6.18. The highest BCUT2D eigenvalue weighted by molar-refractivity contribution is 6.42. The molecule has 0 bridgehead atoms. The van der Waals surface area contributed by atoms with Crippen LogP contribution < -0.4 is 10.6 Å². The van der Waals surface area contributed by atoms with E-state index in [1.54, 1.807) is 36.1 Å². The van der Waals surface area contributed by atoms with Gasteiger partial charge in [-0.05, 0) is 44.9 Å². The Morgan fingerprint density at radius 3 is 2.62 bits per heavy atom. The third kappa shape index (κ3) is 7.18. The fraction of sp³-hybridized carbons (Fsp3) is 0.500. The van der Waals surface area contributed by atoms with Gasteiger partial charge in [-0.15, -0.1) is 6.58 Å². The lowest BCUT2D eigenvalue weighted by Crippen LogP contribution is -2.51. The lowest BCUT2D eigenvalue weighted by Gasteiger charge is -2.38. The molecule has 11 heteroatoms. The predicted molar refractivity (Wildman–Crippen MR) is 145 cm³/mol. The Hall–Kier alpha value is -2.75. The molecule has 2 aliphatic heterocycles. The maximum Gasteiger partial charge on any atom is 0.338 e. The molecule has 9 nitrogen and oxygen atoms in total. The quantitative estimate of drug-likeness (QED) is 0.373. The van der Waals surface area contributed by atoms with Crippen molar-refractivity contribution in [3.63, 3.8) is 0 Å². The number of esters is 1. The van der Waals surface area contributed by atoms with E-state index in [9.17, 15) is 14.4 Å². The summed E-state index contributed by atoms with van der Waals surface area (Å²) >= 11 is 12.4. The topological polar surface area (TPSA) is 94.2 Å². The second-order valence-corrected chi connectivity index (χ2v) is 10.1. The zero-order valence-electron chi connectivity index (χ0n) is 21.6. The fourth-order valence-electron chi connectivity index (χ4n) is 4.47. The molecule has 2 heterocycles. The standard InChI is InChI=1S/C26H35Cl2N5O4/c1-5-10-33-21(16-31-11-7-12-32(14-13-31)25(35)29-17(3)4)22(24(34)37-6-2)23(30-26(33)36)18-8-9-19(27)20(28)15-18/h5,8-9,15,17,23H,1,6-7,10-14,16H2,2-4H3,(H,29,35)(H,30,36)/t23-/m0/s1. The molecule has 1 aromatic carbocycles. The summed E-state index contributed by atoms with van der Waals surface area (Å²) < 4.78 is 5.44. The van der Waals surface area contributed by atoms with Gasteiger partial charge in [-0.1, -0.05) is 35.3 Å². The molecule has 0 spiro atoms. The number of nitrogens with zero attached hydrogens (tertiary/aromatic N) is 3. The molecule has 0 radical (unpaired) electrons. The monoisotopic (exact) mass is 551 g/mol. The molecule has 1 atom stereocenters. The first-order valence-corrected chi connectivity index (χ1v) is 13.2. The summed E-state index contributed by atoms with van der Waals surface area (Å²) in [6.07, 6.45) is 2.37. The number of hydrogen-bond acceptors (Lipinski definition) is 5. The van der Waals surface area contributed by atoms with Crippen molar-refractivity contribution < 1.29 is 19.1 Å². The van der Waals surface area contributed by atoms with Crippen molar-refractivity contribution in [2.45, 2.75) is 39.3 Å². The Morgan fingerprint density at radius 1 is 1.22 bits per heavy atom. The summed E-state index contributed by atoms with van der Waals surface area (Å²) in [6, 6.07) is 3.85. The number of halogens is 2. The van der Waals surface area contributed by atoms with Crippen molar-refractivity contribution in [3.05, 3.63) is 57.7 Å². The molecule has 202 valence electrons. The van der Waals surface area contributed by atoms with Gasteiger partial charge < -0.3 is 20.3 Å². The molecule has 1 saturated heterocycles. The van der Waals surface area contributed by atoms with Crippen molar-refractivity contribution in [2.75, 3.05) is 45.9 Å². The highest BCUT2D eigenvalue weighted by Gasteiger charge is 2.38. The first kappa shape index (κ1) is 28.8. The van der Waals surface area contributed by atoms with Gasteiger partial charge in [0.05, 0.1) is 28.3 Å². The molecule has 0 aliphatic carbocycles. The predicted octanol–water partition coefficient (Wildman–Crippen LogP) is 4.19. The van der Waals surface area contributed by atoms with Gasteiger partial charge in [0.25, 0.3) is 0 Å². The van der Waals surface area contributed by atoms with Gasteiger partial charge in [0.1, 0.15) is 0 Å². The third-order valence-corrected chi connectivity index (χ3v) is 6.92. The Morgan fingerprint density at radius 2 is 1.97 bits per heavy atom. The average molecular weight is 553 g/mol. The van der Waals surface area contributed by atoms with Gasteiger partial charge >= 0.3 is 18.0 Å². The van der Waals surface area contributed by atoms with Crippen molar-refractivity contribution in [2.24, 2.45) is 0 Å². The molecule has 37 heavy (non-hydrogen) atoms. The zero-order chi connectivity index (χ0) is 27.1. The van der Waals surface area contributed by atoms with E-state index < -0.39 is 12.0 Å². The van der Waals surface area contributed by atoms with Crippen LogP contribution in [0.5, 0.6) is 0 Å². The molecule has 0 saturated carbocycles. The van der Waals surface area contributed by atoms with E-state index in [4.69, 9.17) is 27.9 Å². The minimum absolute atomic E-state index is 0.0515. The number of hydrogen-bond donors (Lipinski definition) is 2. The van der Waals surface area contributed by atoms with Crippen LogP contribution in [0.2, 0.25) is 10.0 Å². The number of ether oxygens (including phenoxy) is 1. The largest absolute Gasteiger partial charge is 0.463 e. The van der Waals surface area contributed by atoms with E-state index in [1.807, 2.05) is 13.8 Å². The zero-order valence-corrected chi connectivity index (χ0v) is 23.1. The van der Waals surface area contributed by atoms with E-state index in [2.05, 4.69) is 22.1 Å². The number of carbonyl (C=O) groups excluding carboxylic acids is 3. The second kappa shape index (κ2) is 13.2. The molecule has 1 fully saturated rings. The van der Waals surface area contributed by atoms with Crippen LogP contribution in [-0.4, -0.2) is 84.6 Å². The number of benzene rings is 1. The molecule has 0 unspecified atom stereocenters. The van der Waals surface area contributed by atoms with E-state index in [0.29, 0.717) is 59.6 Å². The van der Waals surface area contributed by atoms with E-state index in [1.165, 1.54) is 4.90 Å². The van der Waals surface area contributed by atoms with Gasteiger partial charge in [0.15, 0.2) is 0 Å². The number of urea groups is 2. The van der Waals surface area contributed by atoms with Crippen LogP contribution in [0, 0.1) is 0 Å². The van der Waals surface area contributed by atoms with Crippen molar-refractivity contribution in [1.29, 1.82) is 0 Å². The van der Waals surface area contributed by atoms with Gasteiger partial charge in [-0.3, -0.25) is 9.80 Å². The SMILES string of the molecule is C=CCN1C(=O)N[C@@H](c2ccc(Cl)c(Cl)c2)C(C(=O)OCC)=C1CN1CCCN(C(=O)NC(C)C)CC1. The van der Waals surface area contributed by atoms with Crippen LogP contribution in [0.25, 0.3) is 0 Å². The smallest absolute Gasteiger partial charge is 0.338 e. The van der Waals surface area contributed by atoms with Crippen LogP contribution >= 0.6 is 23.2 Å². The highest BCUT2D eigenvalue weighted by atomic mass is 35.5. The number of rotatable bonds is 8. The Labute approximate surface area is 228 Å². The summed E-state index contributed by atoms with van der Waals surface area (Å²) in [4.78, 5) is 44.6. The van der Waals surface area contributed by atoms with E-state index >= 15 is 0 Å². The second-order valence-electron chi connectivity index (χ2n) is 9.26. The van der Waals surface area contributed by atoms with Gasteiger partial charge in [-0.25, -0.2) is 14.4 Å². The highest BCUT2D eigenvalue weighted by Crippen LogP contribution is 2.35. The maximum atomic E-state index is 13.3. The summed E-state index contributed by atoms with van der Waals surface area (Å²) in [7, 11) is 0. The molecule has 4 amide bonds. The van der Waals surface area contributed by atoms with Crippen molar-refractivity contribution in [3.8, 4) is 0 Å². The van der Waals surface area contributed by atoms with Crippen LogP contribution in [0.4, 0.5) is 9.59 Å². The number of carbonyl (C=O) groups is 3. The molecule has 3 rings (SSSR count). The molecule has 2 aliphatic rings. The van der Waals surface area contributed by atoms with Crippen molar-refractivity contribution >= 4 is 41.2 Å². The van der Waals surface area contributed by atoms with Crippen LogP contribution in [0.15, 0.2) is 42.1 Å². The van der Waals surface area contributed by atoms with Gasteiger partial charge in [-0.2, -0.15) is 0 Å². The first-order valence-electron chi connectivity index (χ1n) is 12.5. The molecular weight excluding hydrogens is 517 g/mol. The molecule has 2 N–H and O–H groups in total.